The molecule has 0 radical (unpaired) electrons. The van der Waals surface area contributed by atoms with E-state index in [2.05, 4.69) is 46.7 Å². The van der Waals surface area contributed by atoms with Crippen LogP contribution in [-0.4, -0.2) is 24.2 Å². The summed E-state index contributed by atoms with van der Waals surface area (Å²) in [5.74, 6) is 0.715. The molecule has 0 atom stereocenters. The van der Waals surface area contributed by atoms with Gasteiger partial charge in [-0.25, -0.2) is 4.98 Å². The quantitative estimate of drug-likeness (QED) is 0.713. The Kier molecular flexibility index (Phi) is 2.18. The van der Waals surface area contributed by atoms with E-state index in [1.165, 1.54) is 0 Å². The Labute approximate surface area is 92.2 Å². The number of hydrogen-bond acceptors (Lipinski definition) is 3. The number of hydrogen-bond donors (Lipinski definition) is 0. The van der Waals surface area contributed by atoms with Crippen LogP contribution in [0.25, 0.3) is 0 Å². The summed E-state index contributed by atoms with van der Waals surface area (Å²) >= 11 is 3.40. The molecule has 1 aliphatic rings. The van der Waals surface area contributed by atoms with Crippen molar-refractivity contribution < 1.29 is 4.74 Å². The molecular weight excluding hydrogens is 244 g/mol. The number of halogens is 1. The fourth-order valence-electron chi connectivity index (χ4n) is 1.72. The summed E-state index contributed by atoms with van der Waals surface area (Å²) in [6, 6.07) is 2.03. The molecule has 76 valence electrons. The predicted octanol–water partition coefficient (Wildman–Crippen LogP) is 2.45. The van der Waals surface area contributed by atoms with Gasteiger partial charge in [-0.15, -0.1) is 0 Å². The van der Waals surface area contributed by atoms with Crippen molar-refractivity contribution in [3.05, 3.63) is 16.7 Å². The smallest absolute Gasteiger partial charge is 0.238 e. The van der Waals surface area contributed by atoms with Crippen molar-refractivity contribution in [2.75, 3.05) is 18.5 Å². The molecule has 1 aromatic heterocycles. The molecular formula is C10H13BrN2O. The van der Waals surface area contributed by atoms with Gasteiger partial charge in [0.15, 0.2) is 0 Å². The van der Waals surface area contributed by atoms with Crippen LogP contribution in [0, 0.1) is 0 Å². The minimum absolute atomic E-state index is 0.164. The molecule has 14 heavy (non-hydrogen) atoms. The molecule has 0 aliphatic carbocycles. The topological polar surface area (TPSA) is 25.4 Å². The molecule has 0 bridgehead atoms. The van der Waals surface area contributed by atoms with Gasteiger partial charge in [-0.05, 0) is 35.8 Å². The highest BCUT2D eigenvalue weighted by atomic mass is 79.9. The van der Waals surface area contributed by atoms with E-state index in [1.54, 1.807) is 6.20 Å². The van der Waals surface area contributed by atoms with Crippen LogP contribution in [0.1, 0.15) is 13.8 Å². The molecule has 0 saturated heterocycles. The first-order chi connectivity index (χ1) is 6.48. The first-order valence-corrected chi connectivity index (χ1v) is 5.33. The molecule has 0 fully saturated rings. The molecule has 0 amide bonds. The summed E-state index contributed by atoms with van der Waals surface area (Å²) in [5, 5.41) is 0. The van der Waals surface area contributed by atoms with E-state index in [0.717, 1.165) is 16.7 Å². The predicted molar refractivity (Wildman–Crippen MR) is 59.9 cm³/mol. The van der Waals surface area contributed by atoms with Gasteiger partial charge in [0.1, 0.15) is 11.3 Å². The van der Waals surface area contributed by atoms with Crippen LogP contribution >= 0.6 is 15.9 Å². The van der Waals surface area contributed by atoms with Gasteiger partial charge >= 0.3 is 0 Å². The van der Waals surface area contributed by atoms with Gasteiger partial charge in [0, 0.05) is 17.7 Å². The second-order valence-electron chi connectivity index (χ2n) is 4.20. The molecule has 1 aromatic rings. The second-order valence-corrected chi connectivity index (χ2v) is 5.11. The van der Waals surface area contributed by atoms with Crippen LogP contribution in [0.4, 0.5) is 5.69 Å². The molecule has 0 spiro atoms. The van der Waals surface area contributed by atoms with E-state index in [0.29, 0.717) is 5.88 Å². The SMILES string of the molecule is CN1CC(C)(C)Oc2ncc(Br)cc21. The monoisotopic (exact) mass is 256 g/mol. The molecule has 3 nitrogen and oxygen atoms in total. The Morgan fingerprint density at radius 1 is 1.57 bits per heavy atom. The molecule has 0 aromatic carbocycles. The maximum absolute atomic E-state index is 5.77. The number of aromatic nitrogens is 1. The van der Waals surface area contributed by atoms with Crippen molar-refractivity contribution in [1.82, 2.24) is 4.98 Å². The zero-order valence-corrected chi connectivity index (χ0v) is 10.1. The van der Waals surface area contributed by atoms with Gasteiger partial charge in [-0.3, -0.25) is 0 Å². The lowest BCUT2D eigenvalue weighted by Gasteiger charge is -2.38. The Balaban J connectivity index is 2.45. The van der Waals surface area contributed by atoms with E-state index in [1.807, 2.05) is 6.07 Å². The fourth-order valence-corrected chi connectivity index (χ4v) is 2.04. The number of ether oxygens (including phenoxy) is 1. The first kappa shape index (κ1) is 9.77. The summed E-state index contributed by atoms with van der Waals surface area (Å²) in [6.45, 7) is 5.00. The van der Waals surface area contributed by atoms with Crippen LogP contribution in [-0.2, 0) is 0 Å². The highest BCUT2D eigenvalue weighted by Gasteiger charge is 2.30. The summed E-state index contributed by atoms with van der Waals surface area (Å²) < 4.78 is 6.75. The minimum atomic E-state index is -0.164. The third kappa shape index (κ3) is 1.71. The minimum Gasteiger partial charge on any atom is -0.468 e. The van der Waals surface area contributed by atoms with Crippen LogP contribution in [0.2, 0.25) is 0 Å². The lowest BCUT2D eigenvalue weighted by atomic mass is 10.1. The van der Waals surface area contributed by atoms with Gasteiger partial charge in [0.2, 0.25) is 5.88 Å². The Bertz CT molecular complexity index is 365. The molecule has 2 heterocycles. The Morgan fingerprint density at radius 3 is 3.00 bits per heavy atom. The van der Waals surface area contributed by atoms with Crippen LogP contribution < -0.4 is 9.64 Å². The molecule has 4 heteroatoms. The van der Waals surface area contributed by atoms with Crippen molar-refractivity contribution in [1.29, 1.82) is 0 Å². The van der Waals surface area contributed by atoms with E-state index in [9.17, 15) is 0 Å². The zero-order chi connectivity index (χ0) is 10.3. The molecule has 2 rings (SSSR count). The van der Waals surface area contributed by atoms with Crippen molar-refractivity contribution in [3.8, 4) is 5.88 Å². The van der Waals surface area contributed by atoms with E-state index >= 15 is 0 Å². The normalized spacial score (nSPS) is 18.7. The third-order valence-corrected chi connectivity index (χ3v) is 2.63. The average Bonchev–Trinajstić information content (AvgIpc) is 2.05. The first-order valence-electron chi connectivity index (χ1n) is 4.54. The molecule has 0 saturated carbocycles. The summed E-state index contributed by atoms with van der Waals surface area (Å²) in [5.41, 5.74) is 0.876. The summed E-state index contributed by atoms with van der Waals surface area (Å²) in [4.78, 5) is 6.42. The van der Waals surface area contributed by atoms with Gasteiger partial charge < -0.3 is 9.64 Å². The molecule has 1 aliphatic heterocycles. The van der Waals surface area contributed by atoms with Crippen LogP contribution in [0.3, 0.4) is 0 Å². The third-order valence-electron chi connectivity index (χ3n) is 2.20. The average molecular weight is 257 g/mol. The molecule has 0 unspecified atom stereocenters. The highest BCUT2D eigenvalue weighted by Crippen LogP contribution is 2.35. The lowest BCUT2D eigenvalue weighted by Crippen LogP contribution is -2.45. The number of pyridine rings is 1. The number of fused-ring (bicyclic) bond motifs is 1. The van der Waals surface area contributed by atoms with Crippen molar-refractivity contribution >= 4 is 21.6 Å². The number of rotatable bonds is 0. The Morgan fingerprint density at radius 2 is 2.29 bits per heavy atom. The summed E-state index contributed by atoms with van der Waals surface area (Å²) in [6.07, 6.45) is 1.76. The zero-order valence-electron chi connectivity index (χ0n) is 8.54. The maximum Gasteiger partial charge on any atom is 0.238 e. The van der Waals surface area contributed by atoms with Gasteiger partial charge in [-0.2, -0.15) is 0 Å². The largest absolute Gasteiger partial charge is 0.468 e. The van der Waals surface area contributed by atoms with Gasteiger partial charge in [0.25, 0.3) is 0 Å². The highest BCUT2D eigenvalue weighted by molar-refractivity contribution is 9.10. The Hall–Kier alpha value is -0.770. The van der Waals surface area contributed by atoms with Crippen molar-refractivity contribution in [2.24, 2.45) is 0 Å². The number of nitrogens with zero attached hydrogens (tertiary/aromatic N) is 2. The van der Waals surface area contributed by atoms with Crippen LogP contribution in [0.5, 0.6) is 5.88 Å². The van der Waals surface area contributed by atoms with Crippen molar-refractivity contribution in [3.63, 3.8) is 0 Å². The fraction of sp³-hybridized carbons (Fsp3) is 0.500. The van der Waals surface area contributed by atoms with Gasteiger partial charge in [0.05, 0.1) is 6.54 Å². The summed E-state index contributed by atoms with van der Waals surface area (Å²) in [7, 11) is 2.05. The number of likely N-dealkylation sites (N-methyl/N-ethyl adjacent to an activating group) is 1. The standard InChI is InChI=1S/C10H13BrN2O/c1-10(2)6-13(3)8-4-7(11)5-12-9(8)14-10/h4-5H,6H2,1-3H3. The van der Waals surface area contributed by atoms with Crippen LogP contribution in [0.15, 0.2) is 16.7 Å². The van der Waals surface area contributed by atoms with Gasteiger partial charge in [-0.1, -0.05) is 0 Å². The molecule has 0 N–H and O–H groups in total. The van der Waals surface area contributed by atoms with E-state index in [-0.39, 0.29) is 5.60 Å². The lowest BCUT2D eigenvalue weighted by molar-refractivity contribution is 0.100. The van der Waals surface area contributed by atoms with E-state index < -0.39 is 0 Å². The maximum atomic E-state index is 5.77. The second kappa shape index (κ2) is 3.12. The number of anilines is 1. The van der Waals surface area contributed by atoms with Crippen molar-refractivity contribution in [2.45, 2.75) is 19.4 Å². The van der Waals surface area contributed by atoms with E-state index in [4.69, 9.17) is 4.74 Å².